The first kappa shape index (κ1) is 31.4. The average molecular weight is 634 g/mol. The molecule has 1 N–H and O–H groups in total. The molecule has 0 atom stereocenters. The van der Waals surface area contributed by atoms with E-state index in [1.54, 1.807) is 11.8 Å². The number of nitrogens with zero attached hydrogens (tertiary/aromatic N) is 4. The molecule has 43 heavy (non-hydrogen) atoms. The molecule has 14 heteroatoms. The number of benzene rings is 1. The largest absolute Gasteiger partial charge is 0.450 e. The topological polar surface area (TPSA) is 129 Å². The summed E-state index contributed by atoms with van der Waals surface area (Å²) in [6.07, 6.45) is 1.34. The predicted molar refractivity (Wildman–Crippen MR) is 162 cm³/mol. The van der Waals surface area contributed by atoms with Crippen molar-refractivity contribution in [1.29, 1.82) is 0 Å². The van der Waals surface area contributed by atoms with Crippen LogP contribution in [0, 0.1) is 0 Å². The molecule has 1 aromatic heterocycles. The van der Waals surface area contributed by atoms with Gasteiger partial charge in [0, 0.05) is 62.8 Å². The van der Waals surface area contributed by atoms with E-state index in [0.717, 1.165) is 42.9 Å². The van der Waals surface area contributed by atoms with E-state index in [1.165, 1.54) is 44.8 Å². The van der Waals surface area contributed by atoms with Crippen LogP contribution in [0.5, 0.6) is 0 Å². The Balaban J connectivity index is 1.31. The second-order valence-electron chi connectivity index (χ2n) is 10.7. The van der Waals surface area contributed by atoms with Crippen molar-refractivity contribution in [2.45, 2.75) is 38.1 Å². The fourth-order valence-electron chi connectivity index (χ4n) is 5.63. The van der Waals surface area contributed by atoms with Crippen LogP contribution >= 0.6 is 11.3 Å². The third kappa shape index (κ3) is 6.88. The maximum Gasteiger partial charge on any atom is 0.409 e. The van der Waals surface area contributed by atoms with Crippen LogP contribution in [0.25, 0.3) is 0 Å². The zero-order valence-corrected chi connectivity index (χ0v) is 26.3. The van der Waals surface area contributed by atoms with E-state index in [4.69, 9.17) is 9.47 Å². The first-order valence-corrected chi connectivity index (χ1v) is 17.1. The van der Waals surface area contributed by atoms with Crippen molar-refractivity contribution in [3.63, 3.8) is 0 Å². The van der Waals surface area contributed by atoms with Crippen molar-refractivity contribution in [1.82, 2.24) is 19.0 Å². The molecule has 0 saturated carbocycles. The van der Waals surface area contributed by atoms with Crippen LogP contribution in [0.1, 0.15) is 51.4 Å². The number of hydrogen-bond acceptors (Lipinski definition) is 9. The Labute approximate surface area is 256 Å². The molecule has 0 bridgehead atoms. The van der Waals surface area contributed by atoms with E-state index in [9.17, 15) is 22.8 Å². The molecule has 234 valence electrons. The summed E-state index contributed by atoms with van der Waals surface area (Å²) in [4.78, 5) is 45.8. The van der Waals surface area contributed by atoms with Gasteiger partial charge < -0.3 is 24.6 Å². The SMILES string of the molecule is CCCN1CCc2c(sc(NC(=O)c3ccc(S(=O)(=O)N4CCN(C(=O)OCC)CC4)cc3)c2C(=O)N2CCOCC2)C1. The van der Waals surface area contributed by atoms with Crippen molar-refractivity contribution >= 4 is 44.3 Å². The monoisotopic (exact) mass is 633 g/mol. The maximum absolute atomic E-state index is 13.7. The number of morpholine rings is 1. The number of carbonyl (C=O) groups is 3. The molecule has 3 aliphatic rings. The normalized spacial score (nSPS) is 18.3. The Hall–Kier alpha value is -3.04. The van der Waals surface area contributed by atoms with Crippen LogP contribution < -0.4 is 5.32 Å². The molecular formula is C29H39N5O7S2. The molecule has 2 saturated heterocycles. The Kier molecular flexibility index (Phi) is 10.0. The summed E-state index contributed by atoms with van der Waals surface area (Å²) in [6, 6.07) is 5.81. The smallest absolute Gasteiger partial charge is 0.409 e. The molecule has 3 amide bonds. The fourth-order valence-corrected chi connectivity index (χ4v) is 8.33. The third-order valence-electron chi connectivity index (χ3n) is 7.93. The number of piperazine rings is 1. The van der Waals surface area contributed by atoms with Gasteiger partial charge in [0.25, 0.3) is 11.8 Å². The Bertz CT molecular complexity index is 1430. The standard InChI is InChI=1S/C29H39N5O7S2/c1-3-10-31-11-9-23-24(20-31)42-27(25(23)28(36)32-16-18-40-19-17-32)30-26(35)21-5-7-22(8-6-21)43(38,39)34-14-12-33(13-15-34)29(37)41-4-2/h5-8H,3-4,9-20H2,1-2H3,(H,30,35). The zero-order valence-electron chi connectivity index (χ0n) is 24.7. The van der Waals surface area contributed by atoms with Crippen LogP contribution in [0.15, 0.2) is 29.2 Å². The molecule has 0 unspecified atom stereocenters. The average Bonchev–Trinajstić information content (AvgIpc) is 3.38. The van der Waals surface area contributed by atoms with Crippen LogP contribution in [0.2, 0.25) is 0 Å². The van der Waals surface area contributed by atoms with Crippen molar-refractivity contribution < 1.29 is 32.3 Å². The molecule has 0 spiro atoms. The van der Waals surface area contributed by atoms with Crippen LogP contribution in [-0.2, 0) is 32.5 Å². The lowest BCUT2D eigenvalue weighted by atomic mass is 10.0. The summed E-state index contributed by atoms with van der Waals surface area (Å²) < 4.78 is 38.3. The number of hydrogen-bond donors (Lipinski definition) is 1. The van der Waals surface area contributed by atoms with Crippen molar-refractivity contribution in [2.24, 2.45) is 0 Å². The quantitative estimate of drug-likeness (QED) is 0.470. The second kappa shape index (κ2) is 13.7. The number of nitrogens with one attached hydrogen (secondary N) is 1. The van der Waals surface area contributed by atoms with Crippen molar-refractivity contribution in [2.75, 3.05) is 77.5 Å². The van der Waals surface area contributed by atoms with E-state index in [0.29, 0.717) is 36.9 Å². The van der Waals surface area contributed by atoms with Gasteiger partial charge in [-0.3, -0.25) is 14.5 Å². The first-order valence-electron chi connectivity index (χ1n) is 14.8. The van der Waals surface area contributed by atoms with Gasteiger partial charge in [-0.25, -0.2) is 13.2 Å². The maximum atomic E-state index is 13.7. The lowest BCUT2D eigenvalue weighted by Crippen LogP contribution is -2.50. The minimum Gasteiger partial charge on any atom is -0.450 e. The van der Waals surface area contributed by atoms with Gasteiger partial charge in [0.15, 0.2) is 0 Å². The molecule has 2 fully saturated rings. The Morgan fingerprint density at radius 3 is 2.30 bits per heavy atom. The summed E-state index contributed by atoms with van der Waals surface area (Å²) in [5.41, 5.74) is 1.86. The molecule has 2 aromatic rings. The van der Waals surface area contributed by atoms with E-state index in [2.05, 4.69) is 17.1 Å². The Morgan fingerprint density at radius 1 is 0.953 bits per heavy atom. The number of rotatable bonds is 8. The van der Waals surface area contributed by atoms with E-state index in [1.807, 2.05) is 0 Å². The summed E-state index contributed by atoms with van der Waals surface area (Å²) in [5.74, 6) is -0.503. The summed E-state index contributed by atoms with van der Waals surface area (Å²) in [7, 11) is -3.81. The molecular weight excluding hydrogens is 594 g/mol. The van der Waals surface area contributed by atoms with Crippen LogP contribution in [0.4, 0.5) is 9.80 Å². The van der Waals surface area contributed by atoms with Crippen molar-refractivity contribution in [3.8, 4) is 0 Å². The number of sulfonamides is 1. The highest BCUT2D eigenvalue weighted by atomic mass is 32.2. The highest BCUT2D eigenvalue weighted by Gasteiger charge is 2.33. The van der Waals surface area contributed by atoms with Gasteiger partial charge in [0.2, 0.25) is 10.0 Å². The molecule has 5 rings (SSSR count). The summed E-state index contributed by atoms with van der Waals surface area (Å²) >= 11 is 1.45. The van der Waals surface area contributed by atoms with Crippen LogP contribution in [0.3, 0.4) is 0 Å². The van der Waals surface area contributed by atoms with E-state index < -0.39 is 22.0 Å². The van der Waals surface area contributed by atoms with Gasteiger partial charge in [0.05, 0.1) is 30.3 Å². The molecule has 0 aliphatic carbocycles. The van der Waals surface area contributed by atoms with Gasteiger partial charge >= 0.3 is 6.09 Å². The molecule has 4 heterocycles. The first-order chi connectivity index (χ1) is 20.7. The predicted octanol–water partition coefficient (Wildman–Crippen LogP) is 2.70. The number of anilines is 1. The van der Waals surface area contributed by atoms with Crippen molar-refractivity contribution in [3.05, 3.63) is 45.8 Å². The number of thiophene rings is 1. The van der Waals surface area contributed by atoms with Crippen LogP contribution in [-0.4, -0.2) is 118 Å². The van der Waals surface area contributed by atoms with E-state index >= 15 is 0 Å². The van der Waals surface area contributed by atoms with Gasteiger partial charge in [-0.15, -0.1) is 11.3 Å². The minimum absolute atomic E-state index is 0.0689. The van der Waals surface area contributed by atoms with Gasteiger partial charge in [-0.2, -0.15) is 4.31 Å². The summed E-state index contributed by atoms with van der Waals surface area (Å²) in [5, 5.41) is 3.50. The Morgan fingerprint density at radius 2 is 1.65 bits per heavy atom. The highest BCUT2D eigenvalue weighted by Crippen LogP contribution is 2.38. The number of carbonyl (C=O) groups excluding carboxylic acids is 3. The minimum atomic E-state index is -3.81. The third-order valence-corrected chi connectivity index (χ3v) is 11.0. The van der Waals surface area contributed by atoms with Gasteiger partial charge in [0.1, 0.15) is 5.00 Å². The molecule has 0 radical (unpaired) electrons. The lowest BCUT2D eigenvalue weighted by molar-refractivity contribution is 0.0302. The van der Waals surface area contributed by atoms with Gasteiger partial charge in [-0.1, -0.05) is 6.92 Å². The summed E-state index contributed by atoms with van der Waals surface area (Å²) in [6.45, 7) is 9.49. The molecule has 12 nitrogen and oxygen atoms in total. The number of fused-ring (bicyclic) bond motifs is 1. The van der Waals surface area contributed by atoms with Gasteiger partial charge in [-0.05, 0) is 56.1 Å². The zero-order chi connectivity index (χ0) is 30.6. The highest BCUT2D eigenvalue weighted by molar-refractivity contribution is 7.89. The second-order valence-corrected chi connectivity index (χ2v) is 13.8. The molecule has 1 aromatic carbocycles. The lowest BCUT2D eigenvalue weighted by Gasteiger charge is -2.33. The number of ether oxygens (including phenoxy) is 2. The number of amides is 3. The van der Waals surface area contributed by atoms with E-state index in [-0.39, 0.29) is 49.2 Å². The molecule has 3 aliphatic heterocycles. The fraction of sp³-hybridized carbons (Fsp3) is 0.552.